The smallest absolute Gasteiger partial charge is 0.423 e. The fourth-order valence-corrected chi connectivity index (χ4v) is 2.70. The van der Waals surface area contributed by atoms with Crippen LogP contribution in [-0.4, -0.2) is 26.7 Å². The number of fused-ring (bicyclic) bond motifs is 1. The second kappa shape index (κ2) is 5.38. The Bertz CT molecular complexity index is 628. The molecule has 1 aliphatic carbocycles. The number of benzene rings is 1. The number of imidazole rings is 1. The normalized spacial score (nSPS) is 14.2. The van der Waals surface area contributed by atoms with Gasteiger partial charge in [-0.2, -0.15) is 0 Å². The Hall–Kier alpha value is -1.66. The van der Waals surface area contributed by atoms with Crippen molar-refractivity contribution in [3.63, 3.8) is 0 Å². The maximum atomic E-state index is 14.0. The van der Waals surface area contributed by atoms with Gasteiger partial charge in [0.1, 0.15) is 5.82 Å². The Morgan fingerprint density at radius 1 is 1.25 bits per heavy atom. The molecule has 3 rings (SSSR count). The van der Waals surface area contributed by atoms with Gasteiger partial charge in [0.2, 0.25) is 0 Å². The molecular weight excluding hydrogens is 258 g/mol. The standard InChI is InChI=1S/C14H16BFN2O2/c16-12-7-11(15(19)20)6-5-10(12)8-18-9-17-13-3-1-2-4-14(13)18/h5-7,9,19-20H,1-4,8H2. The zero-order chi connectivity index (χ0) is 14.1. The van der Waals surface area contributed by atoms with Crippen molar-refractivity contribution in [2.24, 2.45) is 0 Å². The molecule has 20 heavy (non-hydrogen) atoms. The highest BCUT2D eigenvalue weighted by atomic mass is 19.1. The minimum Gasteiger partial charge on any atom is -0.423 e. The molecule has 0 aliphatic heterocycles. The van der Waals surface area contributed by atoms with Gasteiger partial charge in [-0.05, 0) is 37.2 Å². The lowest BCUT2D eigenvalue weighted by Crippen LogP contribution is -2.30. The third-order valence-corrected chi connectivity index (χ3v) is 3.83. The van der Waals surface area contributed by atoms with E-state index in [4.69, 9.17) is 10.0 Å². The van der Waals surface area contributed by atoms with E-state index in [1.54, 1.807) is 12.4 Å². The van der Waals surface area contributed by atoms with Crippen molar-refractivity contribution in [2.75, 3.05) is 0 Å². The number of hydrogen-bond donors (Lipinski definition) is 2. The van der Waals surface area contributed by atoms with E-state index in [1.165, 1.54) is 24.2 Å². The van der Waals surface area contributed by atoms with Crippen LogP contribution in [0, 0.1) is 5.82 Å². The summed E-state index contributed by atoms with van der Waals surface area (Å²) in [5.41, 5.74) is 3.01. The maximum absolute atomic E-state index is 14.0. The summed E-state index contributed by atoms with van der Waals surface area (Å²) in [5, 5.41) is 18.1. The average molecular weight is 274 g/mol. The van der Waals surface area contributed by atoms with E-state index in [2.05, 4.69) is 4.98 Å². The van der Waals surface area contributed by atoms with Crippen LogP contribution in [0.5, 0.6) is 0 Å². The van der Waals surface area contributed by atoms with Crippen LogP contribution in [0.1, 0.15) is 29.8 Å². The van der Waals surface area contributed by atoms with Crippen molar-refractivity contribution in [2.45, 2.75) is 32.2 Å². The zero-order valence-electron chi connectivity index (χ0n) is 11.1. The molecule has 1 aliphatic rings. The van der Waals surface area contributed by atoms with E-state index in [9.17, 15) is 4.39 Å². The molecule has 0 spiro atoms. The highest BCUT2D eigenvalue weighted by molar-refractivity contribution is 6.58. The SMILES string of the molecule is OB(O)c1ccc(Cn2cnc3c2CCCC3)c(F)c1. The molecule has 0 saturated heterocycles. The first-order chi connectivity index (χ1) is 9.65. The Kier molecular flexibility index (Phi) is 3.59. The van der Waals surface area contributed by atoms with Crippen LogP contribution in [0.25, 0.3) is 0 Å². The summed E-state index contributed by atoms with van der Waals surface area (Å²) in [6.07, 6.45) is 6.08. The van der Waals surface area contributed by atoms with Crippen molar-refractivity contribution < 1.29 is 14.4 Å². The molecule has 1 heterocycles. The molecule has 0 unspecified atom stereocenters. The lowest BCUT2D eigenvalue weighted by Gasteiger charge is -2.14. The van der Waals surface area contributed by atoms with Gasteiger partial charge in [-0.3, -0.25) is 0 Å². The monoisotopic (exact) mass is 274 g/mol. The molecule has 0 bridgehead atoms. The van der Waals surface area contributed by atoms with E-state index in [1.807, 2.05) is 4.57 Å². The molecule has 4 nitrogen and oxygen atoms in total. The minimum atomic E-state index is -1.64. The number of aryl methyl sites for hydroxylation is 1. The quantitative estimate of drug-likeness (QED) is 0.807. The van der Waals surface area contributed by atoms with Crippen LogP contribution in [0.3, 0.4) is 0 Å². The Morgan fingerprint density at radius 2 is 2.05 bits per heavy atom. The molecule has 0 amide bonds. The second-order valence-corrected chi connectivity index (χ2v) is 5.20. The molecule has 2 N–H and O–H groups in total. The van der Waals surface area contributed by atoms with Gasteiger partial charge in [0.25, 0.3) is 0 Å². The third-order valence-electron chi connectivity index (χ3n) is 3.83. The highest BCUT2D eigenvalue weighted by Gasteiger charge is 2.17. The lowest BCUT2D eigenvalue weighted by atomic mass is 9.80. The van der Waals surface area contributed by atoms with Gasteiger partial charge >= 0.3 is 7.12 Å². The zero-order valence-corrected chi connectivity index (χ0v) is 11.1. The summed E-state index contributed by atoms with van der Waals surface area (Å²) >= 11 is 0. The first-order valence-corrected chi connectivity index (χ1v) is 6.82. The highest BCUT2D eigenvalue weighted by Crippen LogP contribution is 2.21. The summed E-state index contributed by atoms with van der Waals surface area (Å²) in [6.45, 7) is 0.427. The minimum absolute atomic E-state index is 0.166. The number of rotatable bonds is 3. The first kappa shape index (κ1) is 13.3. The molecule has 0 saturated carbocycles. The van der Waals surface area contributed by atoms with Gasteiger partial charge in [-0.25, -0.2) is 9.37 Å². The molecule has 2 aromatic rings. The van der Waals surface area contributed by atoms with Gasteiger partial charge in [0, 0.05) is 11.3 Å². The number of aromatic nitrogens is 2. The largest absolute Gasteiger partial charge is 0.488 e. The van der Waals surface area contributed by atoms with Crippen LogP contribution < -0.4 is 5.46 Å². The predicted molar refractivity (Wildman–Crippen MR) is 74.2 cm³/mol. The Morgan fingerprint density at radius 3 is 2.80 bits per heavy atom. The third kappa shape index (κ3) is 2.49. The molecule has 1 aromatic carbocycles. The summed E-state index contributed by atoms with van der Waals surface area (Å²) in [4.78, 5) is 4.39. The van der Waals surface area contributed by atoms with Crippen molar-refractivity contribution in [1.82, 2.24) is 9.55 Å². The summed E-state index contributed by atoms with van der Waals surface area (Å²) in [6, 6.07) is 4.30. The number of nitrogens with zero attached hydrogens (tertiary/aromatic N) is 2. The van der Waals surface area contributed by atoms with Crippen molar-refractivity contribution in [3.8, 4) is 0 Å². The van der Waals surface area contributed by atoms with E-state index < -0.39 is 12.9 Å². The van der Waals surface area contributed by atoms with Crippen LogP contribution in [0.2, 0.25) is 0 Å². The molecule has 6 heteroatoms. The van der Waals surface area contributed by atoms with Gasteiger partial charge in [-0.15, -0.1) is 0 Å². The molecule has 104 valence electrons. The lowest BCUT2D eigenvalue weighted by molar-refractivity contribution is 0.425. The molecule has 0 fully saturated rings. The van der Waals surface area contributed by atoms with E-state index in [-0.39, 0.29) is 5.46 Å². The Labute approximate surface area is 117 Å². The van der Waals surface area contributed by atoms with Gasteiger partial charge < -0.3 is 14.6 Å². The fourth-order valence-electron chi connectivity index (χ4n) is 2.70. The summed E-state index contributed by atoms with van der Waals surface area (Å²) in [5.74, 6) is -0.422. The summed E-state index contributed by atoms with van der Waals surface area (Å²) in [7, 11) is -1.64. The van der Waals surface area contributed by atoms with E-state index in [0.29, 0.717) is 12.1 Å². The van der Waals surface area contributed by atoms with Gasteiger partial charge in [0.15, 0.2) is 0 Å². The van der Waals surface area contributed by atoms with E-state index in [0.717, 1.165) is 25.0 Å². The van der Waals surface area contributed by atoms with Crippen molar-refractivity contribution in [1.29, 1.82) is 0 Å². The fraction of sp³-hybridized carbons (Fsp3) is 0.357. The maximum Gasteiger partial charge on any atom is 0.488 e. The van der Waals surface area contributed by atoms with Crippen LogP contribution in [0.4, 0.5) is 4.39 Å². The van der Waals surface area contributed by atoms with Crippen LogP contribution in [-0.2, 0) is 19.4 Å². The van der Waals surface area contributed by atoms with Crippen LogP contribution >= 0.6 is 0 Å². The Balaban J connectivity index is 1.86. The van der Waals surface area contributed by atoms with Crippen molar-refractivity contribution >= 4 is 12.6 Å². The molecular formula is C14H16BFN2O2. The average Bonchev–Trinajstić information content (AvgIpc) is 2.84. The number of hydrogen-bond acceptors (Lipinski definition) is 3. The first-order valence-electron chi connectivity index (χ1n) is 6.82. The van der Waals surface area contributed by atoms with E-state index >= 15 is 0 Å². The topological polar surface area (TPSA) is 58.3 Å². The summed E-state index contributed by atoms with van der Waals surface area (Å²) < 4.78 is 16.0. The predicted octanol–water partition coefficient (Wildman–Crippen LogP) is 0.629. The molecule has 0 atom stereocenters. The molecule has 0 radical (unpaired) electrons. The number of halogens is 1. The van der Waals surface area contributed by atoms with Gasteiger partial charge in [0.05, 0.1) is 18.6 Å². The van der Waals surface area contributed by atoms with Gasteiger partial charge in [-0.1, -0.05) is 12.1 Å². The second-order valence-electron chi connectivity index (χ2n) is 5.20. The molecule has 1 aromatic heterocycles. The van der Waals surface area contributed by atoms with Crippen molar-refractivity contribution in [3.05, 3.63) is 47.3 Å². The van der Waals surface area contributed by atoms with Crippen LogP contribution in [0.15, 0.2) is 24.5 Å².